The summed E-state index contributed by atoms with van der Waals surface area (Å²) in [6.45, 7) is 2.09. The third kappa shape index (κ3) is 1.63. The maximum Gasteiger partial charge on any atom is 0.0965 e. The van der Waals surface area contributed by atoms with Crippen LogP contribution >= 0.6 is 12.4 Å². The number of amidine groups is 1. The second-order valence-corrected chi connectivity index (χ2v) is 3.18. The first-order valence-electron chi connectivity index (χ1n) is 3.50. The van der Waals surface area contributed by atoms with E-state index in [1.807, 2.05) is 0 Å². The molecule has 1 aliphatic carbocycles. The van der Waals surface area contributed by atoms with Gasteiger partial charge in [-0.3, -0.25) is 5.41 Å². The van der Waals surface area contributed by atoms with E-state index in [1.54, 1.807) is 0 Å². The molecule has 0 bridgehead atoms. The predicted molar refractivity (Wildman–Crippen MR) is 45.7 cm³/mol. The van der Waals surface area contributed by atoms with Crippen molar-refractivity contribution >= 4 is 18.2 Å². The number of nitrogens with one attached hydrogen (secondary N) is 1. The number of halogens is 1. The Balaban J connectivity index is 0.000000810. The van der Waals surface area contributed by atoms with Gasteiger partial charge in [0.2, 0.25) is 0 Å². The Hall–Kier alpha value is -0.240. The van der Waals surface area contributed by atoms with Crippen molar-refractivity contribution in [2.45, 2.75) is 32.6 Å². The summed E-state index contributed by atoms with van der Waals surface area (Å²) in [5.41, 5.74) is 5.47. The van der Waals surface area contributed by atoms with Crippen LogP contribution in [0.1, 0.15) is 32.6 Å². The summed E-state index contributed by atoms with van der Waals surface area (Å²) < 4.78 is 0. The summed E-state index contributed by atoms with van der Waals surface area (Å²) in [4.78, 5) is 0. The largest absolute Gasteiger partial charge is 0.387 e. The third-order valence-corrected chi connectivity index (χ3v) is 2.36. The molecule has 0 aromatic heterocycles. The van der Waals surface area contributed by atoms with Gasteiger partial charge in [-0.25, -0.2) is 0 Å². The van der Waals surface area contributed by atoms with Gasteiger partial charge in [-0.05, 0) is 12.8 Å². The second-order valence-electron chi connectivity index (χ2n) is 3.18. The fourth-order valence-electron chi connectivity index (χ4n) is 1.42. The van der Waals surface area contributed by atoms with Crippen LogP contribution in [0.25, 0.3) is 0 Å². The molecule has 0 heterocycles. The molecule has 60 valence electrons. The Morgan fingerprint density at radius 1 is 1.40 bits per heavy atom. The lowest BCUT2D eigenvalue weighted by Crippen LogP contribution is -2.30. The lowest BCUT2D eigenvalue weighted by atomic mass is 9.88. The molecule has 0 amide bonds. The van der Waals surface area contributed by atoms with Gasteiger partial charge in [-0.1, -0.05) is 19.8 Å². The lowest BCUT2D eigenvalue weighted by Gasteiger charge is -2.20. The summed E-state index contributed by atoms with van der Waals surface area (Å²) in [7, 11) is 0. The molecule has 1 aliphatic rings. The smallest absolute Gasteiger partial charge is 0.0965 e. The Morgan fingerprint density at radius 3 is 2.00 bits per heavy atom. The molecular formula is C7H15ClN2. The van der Waals surface area contributed by atoms with E-state index in [9.17, 15) is 0 Å². The summed E-state index contributed by atoms with van der Waals surface area (Å²) >= 11 is 0. The van der Waals surface area contributed by atoms with Gasteiger partial charge in [0.05, 0.1) is 5.84 Å². The van der Waals surface area contributed by atoms with Crippen LogP contribution in [-0.4, -0.2) is 5.84 Å². The molecular weight excluding hydrogens is 148 g/mol. The minimum absolute atomic E-state index is 0. The van der Waals surface area contributed by atoms with Crippen molar-refractivity contribution in [2.75, 3.05) is 0 Å². The highest BCUT2D eigenvalue weighted by molar-refractivity contribution is 5.85. The summed E-state index contributed by atoms with van der Waals surface area (Å²) in [5, 5.41) is 7.27. The zero-order chi connectivity index (χ0) is 6.91. The molecule has 0 aliphatic heterocycles. The maximum atomic E-state index is 7.27. The molecule has 10 heavy (non-hydrogen) atoms. The Bertz CT molecular complexity index is 128. The Kier molecular flexibility index (Phi) is 3.16. The zero-order valence-corrected chi connectivity index (χ0v) is 7.13. The SMILES string of the molecule is CC1(C(=N)N)CCCC1.Cl. The average molecular weight is 163 g/mol. The molecule has 0 atom stereocenters. The highest BCUT2D eigenvalue weighted by atomic mass is 35.5. The van der Waals surface area contributed by atoms with E-state index in [0.29, 0.717) is 5.84 Å². The molecule has 1 fully saturated rings. The fraction of sp³-hybridized carbons (Fsp3) is 0.857. The van der Waals surface area contributed by atoms with Crippen molar-refractivity contribution in [1.29, 1.82) is 5.41 Å². The van der Waals surface area contributed by atoms with Crippen molar-refractivity contribution in [3.63, 3.8) is 0 Å². The zero-order valence-electron chi connectivity index (χ0n) is 6.31. The average Bonchev–Trinajstić information content (AvgIpc) is 2.16. The van der Waals surface area contributed by atoms with E-state index < -0.39 is 0 Å². The third-order valence-electron chi connectivity index (χ3n) is 2.36. The van der Waals surface area contributed by atoms with Gasteiger partial charge in [0.25, 0.3) is 0 Å². The van der Waals surface area contributed by atoms with Gasteiger partial charge in [-0.15, -0.1) is 12.4 Å². The number of rotatable bonds is 1. The molecule has 0 radical (unpaired) electrons. The summed E-state index contributed by atoms with van der Waals surface area (Å²) in [6.07, 6.45) is 4.72. The van der Waals surface area contributed by atoms with E-state index in [-0.39, 0.29) is 17.8 Å². The number of hydrogen-bond donors (Lipinski definition) is 2. The topological polar surface area (TPSA) is 49.9 Å². The molecule has 0 spiro atoms. The molecule has 1 rings (SSSR count). The molecule has 3 heteroatoms. The van der Waals surface area contributed by atoms with Crippen molar-refractivity contribution in [3.05, 3.63) is 0 Å². The van der Waals surface area contributed by atoms with E-state index in [1.165, 1.54) is 12.8 Å². The number of nitrogens with two attached hydrogens (primary N) is 1. The maximum absolute atomic E-state index is 7.27. The van der Waals surface area contributed by atoms with Crippen LogP contribution in [0, 0.1) is 10.8 Å². The van der Waals surface area contributed by atoms with Gasteiger partial charge >= 0.3 is 0 Å². The summed E-state index contributed by atoms with van der Waals surface area (Å²) in [5.74, 6) is 0.375. The highest BCUT2D eigenvalue weighted by Crippen LogP contribution is 2.36. The first-order chi connectivity index (χ1) is 4.15. The van der Waals surface area contributed by atoms with Crippen molar-refractivity contribution in [1.82, 2.24) is 0 Å². The lowest BCUT2D eigenvalue weighted by molar-refractivity contribution is 0.480. The van der Waals surface area contributed by atoms with Gasteiger partial charge < -0.3 is 5.73 Å². The fourth-order valence-corrected chi connectivity index (χ4v) is 1.42. The van der Waals surface area contributed by atoms with Crippen molar-refractivity contribution < 1.29 is 0 Å². The predicted octanol–water partition coefficient (Wildman–Crippen LogP) is 1.92. The highest BCUT2D eigenvalue weighted by Gasteiger charge is 2.31. The van der Waals surface area contributed by atoms with Gasteiger partial charge in [-0.2, -0.15) is 0 Å². The van der Waals surface area contributed by atoms with E-state index in [4.69, 9.17) is 11.1 Å². The molecule has 0 unspecified atom stereocenters. The van der Waals surface area contributed by atoms with Crippen LogP contribution in [0.4, 0.5) is 0 Å². The van der Waals surface area contributed by atoms with Crippen LogP contribution in [-0.2, 0) is 0 Å². The van der Waals surface area contributed by atoms with E-state index in [0.717, 1.165) is 12.8 Å². The normalized spacial score (nSPS) is 21.7. The van der Waals surface area contributed by atoms with Crippen LogP contribution in [0.15, 0.2) is 0 Å². The molecule has 0 saturated heterocycles. The van der Waals surface area contributed by atoms with Crippen molar-refractivity contribution in [2.24, 2.45) is 11.1 Å². The standard InChI is InChI=1S/C7H14N2.ClH/c1-7(6(8)9)4-2-3-5-7;/h2-5H2,1H3,(H3,8,9);1H. The van der Waals surface area contributed by atoms with Gasteiger partial charge in [0, 0.05) is 5.41 Å². The first kappa shape index (κ1) is 9.76. The van der Waals surface area contributed by atoms with Gasteiger partial charge in [0.1, 0.15) is 0 Å². The van der Waals surface area contributed by atoms with Crippen LogP contribution in [0.3, 0.4) is 0 Å². The quantitative estimate of drug-likeness (QED) is 0.449. The minimum Gasteiger partial charge on any atom is -0.387 e. The molecule has 0 aromatic rings. The van der Waals surface area contributed by atoms with Crippen LogP contribution in [0.5, 0.6) is 0 Å². The Labute approximate surface area is 68.1 Å². The number of hydrogen-bond acceptors (Lipinski definition) is 1. The second kappa shape index (κ2) is 3.24. The van der Waals surface area contributed by atoms with Crippen LogP contribution in [0.2, 0.25) is 0 Å². The van der Waals surface area contributed by atoms with E-state index in [2.05, 4.69) is 6.92 Å². The molecule has 2 nitrogen and oxygen atoms in total. The van der Waals surface area contributed by atoms with Crippen molar-refractivity contribution in [3.8, 4) is 0 Å². The van der Waals surface area contributed by atoms with E-state index >= 15 is 0 Å². The molecule has 3 N–H and O–H groups in total. The molecule has 1 saturated carbocycles. The minimum atomic E-state index is 0. The Morgan fingerprint density at radius 2 is 1.80 bits per heavy atom. The summed E-state index contributed by atoms with van der Waals surface area (Å²) in [6, 6.07) is 0. The first-order valence-corrected chi connectivity index (χ1v) is 3.50. The van der Waals surface area contributed by atoms with Crippen LogP contribution < -0.4 is 5.73 Å². The van der Waals surface area contributed by atoms with Gasteiger partial charge in [0.15, 0.2) is 0 Å². The molecule has 0 aromatic carbocycles. The monoisotopic (exact) mass is 162 g/mol.